The summed E-state index contributed by atoms with van der Waals surface area (Å²) in [5.74, 6) is 9.63. The number of hydrogen-bond acceptors (Lipinski definition) is 5. The monoisotopic (exact) mass is 430 g/mol. The number of aliphatic carboxylic acids is 1. The van der Waals surface area contributed by atoms with Gasteiger partial charge in [-0.1, -0.05) is 24.0 Å². The molecule has 8 heteroatoms. The molecule has 1 aliphatic rings. The number of halogens is 1. The molecule has 7 nitrogen and oxygen atoms in total. The largest absolute Gasteiger partial charge is 0.481 e. The van der Waals surface area contributed by atoms with Gasteiger partial charge < -0.3 is 5.11 Å². The number of rotatable bonds is 4. The van der Waals surface area contributed by atoms with Crippen molar-refractivity contribution in [3.8, 4) is 34.9 Å². The second-order valence-corrected chi connectivity index (χ2v) is 7.07. The van der Waals surface area contributed by atoms with Gasteiger partial charge in [-0.25, -0.2) is 4.98 Å². The zero-order valence-corrected chi connectivity index (χ0v) is 16.8. The number of pyridine rings is 2. The van der Waals surface area contributed by atoms with Crippen molar-refractivity contribution in [1.29, 1.82) is 0 Å². The molecule has 1 aromatic carbocycles. The number of hydrogen-bond donors (Lipinski definition) is 3. The maximum absolute atomic E-state index is 12.4. The minimum Gasteiger partial charge on any atom is -0.481 e. The van der Waals surface area contributed by atoms with Gasteiger partial charge >= 0.3 is 5.97 Å². The number of hydrazine groups is 1. The molecule has 152 valence electrons. The number of carboxylic acid groups (broad SMARTS) is 1. The summed E-state index contributed by atoms with van der Waals surface area (Å²) >= 11 is 5.40. The van der Waals surface area contributed by atoms with Crippen LogP contribution in [0.3, 0.4) is 0 Å². The molecule has 1 saturated carbocycles. The lowest BCUT2D eigenvalue weighted by Crippen LogP contribution is -2.30. The van der Waals surface area contributed by atoms with E-state index in [1.54, 1.807) is 24.5 Å². The number of benzene rings is 1. The Hall–Kier alpha value is -3.91. The summed E-state index contributed by atoms with van der Waals surface area (Å²) in [4.78, 5) is 34.0. The quantitative estimate of drug-likeness (QED) is 0.334. The molecule has 3 aromatic rings. The first-order valence-electron chi connectivity index (χ1n) is 9.32. The molecule has 4 rings (SSSR count). The van der Waals surface area contributed by atoms with E-state index in [1.807, 2.05) is 24.3 Å². The van der Waals surface area contributed by atoms with Crippen molar-refractivity contribution in [2.45, 2.75) is 6.42 Å². The Morgan fingerprint density at radius 2 is 1.97 bits per heavy atom. The molecule has 2 unspecified atom stereocenters. The van der Waals surface area contributed by atoms with Crippen molar-refractivity contribution in [2.75, 3.05) is 0 Å². The van der Waals surface area contributed by atoms with Crippen molar-refractivity contribution in [2.24, 2.45) is 11.8 Å². The fourth-order valence-corrected chi connectivity index (χ4v) is 3.18. The molecule has 0 bridgehead atoms. The van der Waals surface area contributed by atoms with Gasteiger partial charge in [-0.2, -0.15) is 0 Å². The summed E-state index contributed by atoms with van der Waals surface area (Å²) in [6.07, 6.45) is 3.78. The first-order chi connectivity index (χ1) is 15.1. The molecule has 0 aliphatic heterocycles. The molecule has 0 radical (unpaired) electrons. The minimum atomic E-state index is -0.805. The molecule has 2 aromatic heterocycles. The molecular formula is C23H15ClN4O3. The first-order valence-corrected chi connectivity index (χ1v) is 9.70. The van der Waals surface area contributed by atoms with E-state index in [4.69, 9.17) is 16.9 Å². The van der Waals surface area contributed by atoms with Crippen molar-refractivity contribution in [3.05, 3.63) is 59.9 Å². The summed E-state index contributed by atoms with van der Waals surface area (Å²) in [5, 5.41) is 9.48. The third-order valence-corrected chi connectivity index (χ3v) is 4.93. The molecule has 0 spiro atoms. The topological polar surface area (TPSA) is 104 Å². The summed E-state index contributed by atoms with van der Waals surface area (Å²) in [5.41, 5.74) is 5.56. The van der Waals surface area contributed by atoms with Crippen molar-refractivity contribution in [1.82, 2.24) is 20.3 Å². The molecule has 1 amide bonds. The van der Waals surface area contributed by atoms with Gasteiger partial charge in [0.05, 0.1) is 22.7 Å². The van der Waals surface area contributed by atoms with Crippen LogP contribution in [-0.2, 0) is 4.79 Å². The lowest BCUT2D eigenvalue weighted by molar-refractivity contribution is -0.138. The van der Waals surface area contributed by atoms with Crippen LogP contribution in [0.25, 0.3) is 22.2 Å². The maximum atomic E-state index is 12.4. The van der Waals surface area contributed by atoms with E-state index in [0.29, 0.717) is 28.6 Å². The molecule has 2 atom stereocenters. The zero-order chi connectivity index (χ0) is 21.8. The number of nitrogens with one attached hydrogen (secondary N) is 2. The lowest BCUT2D eigenvalue weighted by Gasteiger charge is -2.09. The van der Waals surface area contributed by atoms with Crippen molar-refractivity contribution < 1.29 is 14.7 Å². The fraction of sp³-hybridized carbons (Fsp3) is 0.130. The Labute approximate surface area is 182 Å². The van der Waals surface area contributed by atoms with E-state index in [2.05, 4.69) is 44.0 Å². The van der Waals surface area contributed by atoms with Crippen LogP contribution in [0, 0.1) is 35.5 Å². The second-order valence-electron chi connectivity index (χ2n) is 6.88. The van der Waals surface area contributed by atoms with E-state index < -0.39 is 11.9 Å². The van der Waals surface area contributed by atoms with Gasteiger partial charge in [0.25, 0.3) is 5.91 Å². The third-order valence-electron chi connectivity index (χ3n) is 4.83. The molecule has 0 saturated heterocycles. The number of aromatic nitrogens is 2. The molecule has 1 aliphatic carbocycles. The summed E-state index contributed by atoms with van der Waals surface area (Å²) in [6, 6.07) is 10.8. The van der Waals surface area contributed by atoms with Crippen LogP contribution in [0.5, 0.6) is 0 Å². The highest BCUT2D eigenvalue weighted by molar-refractivity contribution is 6.15. The van der Waals surface area contributed by atoms with Gasteiger partial charge in [0.1, 0.15) is 0 Å². The highest BCUT2D eigenvalue weighted by Gasteiger charge is 2.42. The van der Waals surface area contributed by atoms with Crippen molar-refractivity contribution >= 4 is 34.6 Å². The van der Waals surface area contributed by atoms with Crippen LogP contribution < -0.4 is 10.4 Å². The highest BCUT2D eigenvalue weighted by Crippen LogP contribution is 2.37. The predicted molar refractivity (Wildman–Crippen MR) is 115 cm³/mol. The van der Waals surface area contributed by atoms with E-state index >= 15 is 0 Å². The standard InChI is InChI=1S/C23H15ClN4O3/c24-28-27-22(29)18-12-21(26-20-9-10-25-13-19(18)20)15-7-5-14(6-8-15)3-1-2-4-16-11-17(16)23(30)31/h5-10,12-13,16-17,28H,11H2,(H,27,29)(H,30,31). The fourth-order valence-electron chi connectivity index (χ4n) is 3.10. The molecular weight excluding hydrogens is 416 g/mol. The highest BCUT2D eigenvalue weighted by atomic mass is 35.5. The smallest absolute Gasteiger partial charge is 0.307 e. The number of carbonyl (C=O) groups is 2. The Balaban J connectivity index is 1.57. The molecule has 31 heavy (non-hydrogen) atoms. The normalized spacial score (nSPS) is 16.4. The van der Waals surface area contributed by atoms with Crippen LogP contribution in [0.15, 0.2) is 48.8 Å². The average Bonchev–Trinajstić information content (AvgIpc) is 3.56. The van der Waals surface area contributed by atoms with Crippen LogP contribution in [0.1, 0.15) is 22.3 Å². The Morgan fingerprint density at radius 1 is 1.16 bits per heavy atom. The second kappa shape index (κ2) is 8.85. The molecule has 3 N–H and O–H groups in total. The Kier molecular flexibility index (Phi) is 5.81. The van der Waals surface area contributed by atoms with Crippen LogP contribution >= 0.6 is 11.8 Å². The third kappa shape index (κ3) is 4.65. The van der Waals surface area contributed by atoms with Crippen LogP contribution in [0.2, 0.25) is 0 Å². The van der Waals surface area contributed by atoms with E-state index in [0.717, 1.165) is 11.1 Å². The van der Waals surface area contributed by atoms with Gasteiger partial charge in [0.2, 0.25) is 0 Å². The van der Waals surface area contributed by atoms with Gasteiger partial charge in [-0.15, -0.1) is 4.94 Å². The lowest BCUT2D eigenvalue weighted by atomic mass is 10.0. The Bertz CT molecular complexity index is 1300. The van der Waals surface area contributed by atoms with Crippen LogP contribution in [0.4, 0.5) is 0 Å². The number of fused-ring (bicyclic) bond motifs is 1. The molecule has 1 fully saturated rings. The Morgan fingerprint density at radius 3 is 2.68 bits per heavy atom. The van der Waals surface area contributed by atoms with E-state index in [1.165, 1.54) is 0 Å². The minimum absolute atomic E-state index is 0.0937. The summed E-state index contributed by atoms with van der Waals surface area (Å²) in [6.45, 7) is 0. The zero-order valence-electron chi connectivity index (χ0n) is 16.0. The number of amides is 1. The number of carboxylic acids is 1. The number of nitrogens with zero attached hydrogens (tertiary/aromatic N) is 2. The van der Waals surface area contributed by atoms with Gasteiger partial charge in [-0.05, 0) is 54.3 Å². The van der Waals surface area contributed by atoms with E-state index in [-0.39, 0.29) is 11.8 Å². The number of carbonyl (C=O) groups excluding carboxylic acids is 1. The SMILES string of the molecule is O=C(NNCl)c1cc(-c2ccc(C#CC#CC3CC3C(=O)O)cc2)nc2ccncc12. The average molecular weight is 431 g/mol. The summed E-state index contributed by atoms with van der Waals surface area (Å²) in [7, 11) is 0. The van der Waals surface area contributed by atoms with Gasteiger partial charge in [0.15, 0.2) is 0 Å². The maximum Gasteiger partial charge on any atom is 0.307 e. The van der Waals surface area contributed by atoms with Gasteiger partial charge in [-0.3, -0.25) is 20.0 Å². The summed E-state index contributed by atoms with van der Waals surface area (Å²) < 4.78 is 0. The van der Waals surface area contributed by atoms with Crippen molar-refractivity contribution in [3.63, 3.8) is 0 Å². The predicted octanol–water partition coefficient (Wildman–Crippen LogP) is 2.76. The van der Waals surface area contributed by atoms with Gasteiger partial charge in [0, 0.05) is 34.8 Å². The molecule has 2 heterocycles. The van der Waals surface area contributed by atoms with E-state index in [9.17, 15) is 9.59 Å². The van der Waals surface area contributed by atoms with Crippen LogP contribution in [-0.4, -0.2) is 27.0 Å². The first kappa shape index (κ1) is 20.4.